The summed E-state index contributed by atoms with van der Waals surface area (Å²) in [6.07, 6.45) is 1.39. The van der Waals surface area contributed by atoms with Crippen LogP contribution in [-0.2, 0) is 4.79 Å². The maximum absolute atomic E-state index is 12.7. The highest BCUT2D eigenvalue weighted by molar-refractivity contribution is 6.19. The number of amidine groups is 1. The van der Waals surface area contributed by atoms with Gasteiger partial charge in [-0.25, -0.2) is 9.98 Å². The number of guanidine groups is 1. The van der Waals surface area contributed by atoms with E-state index in [1.165, 1.54) is 13.1 Å². The highest BCUT2D eigenvalue weighted by Gasteiger charge is 2.32. The van der Waals surface area contributed by atoms with E-state index in [0.717, 1.165) is 11.4 Å². The summed E-state index contributed by atoms with van der Waals surface area (Å²) < 4.78 is 10.7. The molecule has 3 heterocycles. The average Bonchev–Trinajstić information content (AvgIpc) is 3.23. The Bertz CT molecular complexity index is 1080. The fraction of sp³-hybridized carbons (Fsp3) is 0.250. The van der Waals surface area contributed by atoms with Gasteiger partial charge >= 0.3 is 0 Å². The van der Waals surface area contributed by atoms with Crippen molar-refractivity contribution in [3.05, 3.63) is 41.6 Å². The Hall–Kier alpha value is -3.95. The summed E-state index contributed by atoms with van der Waals surface area (Å²) in [5, 5.41) is 5.39. The van der Waals surface area contributed by atoms with Crippen molar-refractivity contribution >= 4 is 35.1 Å². The second-order valence-corrected chi connectivity index (χ2v) is 6.58. The van der Waals surface area contributed by atoms with Crippen LogP contribution in [0.15, 0.2) is 40.4 Å². The van der Waals surface area contributed by atoms with Gasteiger partial charge in [-0.05, 0) is 18.2 Å². The van der Waals surface area contributed by atoms with Gasteiger partial charge in [0.25, 0.3) is 5.91 Å². The minimum atomic E-state index is -0.370. The first-order valence-corrected chi connectivity index (χ1v) is 9.22. The smallest absolute Gasteiger partial charge is 0.259 e. The van der Waals surface area contributed by atoms with Crippen LogP contribution in [0.5, 0.6) is 11.5 Å². The zero-order valence-electron chi connectivity index (χ0n) is 16.7. The molecule has 0 aliphatic carbocycles. The summed E-state index contributed by atoms with van der Waals surface area (Å²) in [5.41, 5.74) is 1.77. The predicted molar refractivity (Wildman–Crippen MR) is 111 cm³/mol. The number of amides is 2. The minimum Gasteiger partial charge on any atom is -0.493 e. The van der Waals surface area contributed by atoms with Crippen molar-refractivity contribution in [3.8, 4) is 11.5 Å². The molecule has 154 valence electrons. The van der Waals surface area contributed by atoms with Crippen LogP contribution in [0, 0.1) is 0 Å². The first-order valence-electron chi connectivity index (χ1n) is 9.22. The van der Waals surface area contributed by atoms with Crippen molar-refractivity contribution in [2.75, 3.05) is 32.6 Å². The predicted octanol–water partition coefficient (Wildman–Crippen LogP) is 1.55. The summed E-state index contributed by atoms with van der Waals surface area (Å²) in [6, 6.07) is 6.73. The van der Waals surface area contributed by atoms with Gasteiger partial charge in [0.05, 0.1) is 32.0 Å². The standard InChI is InChI=1S/C20H20N6O4/c1-11(27)23-17-5-4-12(10-22-17)19(28)25-20-24-14-9-16(30-3)15(29-2)8-13(14)18-21-6-7-26(18)20/h4-5,8-10H,6-7H2,1-3H3,(H,22,23,27)(H,24,25,28). The number of fused-ring (bicyclic) bond motifs is 3. The highest BCUT2D eigenvalue weighted by Crippen LogP contribution is 2.38. The summed E-state index contributed by atoms with van der Waals surface area (Å²) in [6.45, 7) is 2.58. The number of benzene rings is 1. The van der Waals surface area contributed by atoms with Gasteiger partial charge in [-0.3, -0.25) is 24.8 Å². The summed E-state index contributed by atoms with van der Waals surface area (Å²) in [4.78, 5) is 38.9. The van der Waals surface area contributed by atoms with Crippen LogP contribution in [0.1, 0.15) is 22.8 Å². The molecule has 0 bridgehead atoms. The molecule has 2 aliphatic heterocycles. The van der Waals surface area contributed by atoms with Crippen LogP contribution in [0.2, 0.25) is 0 Å². The zero-order valence-corrected chi connectivity index (χ0v) is 16.7. The first kappa shape index (κ1) is 19.4. The molecule has 1 aromatic heterocycles. The number of nitrogens with one attached hydrogen (secondary N) is 2. The average molecular weight is 408 g/mol. The van der Waals surface area contributed by atoms with Crippen LogP contribution < -0.4 is 20.1 Å². The second kappa shape index (κ2) is 7.82. The molecule has 0 radical (unpaired) electrons. The van der Waals surface area contributed by atoms with Gasteiger partial charge in [-0.2, -0.15) is 0 Å². The van der Waals surface area contributed by atoms with Crippen molar-refractivity contribution in [2.45, 2.75) is 6.92 Å². The molecule has 2 aliphatic rings. The van der Waals surface area contributed by atoms with Crippen molar-refractivity contribution in [1.82, 2.24) is 15.2 Å². The lowest BCUT2D eigenvalue weighted by molar-refractivity contribution is -0.114. The molecule has 10 heteroatoms. The van der Waals surface area contributed by atoms with Gasteiger partial charge in [0.1, 0.15) is 11.7 Å². The molecule has 10 nitrogen and oxygen atoms in total. The quantitative estimate of drug-likeness (QED) is 0.793. The third-order valence-electron chi connectivity index (χ3n) is 4.62. The molecule has 0 fully saturated rings. The van der Waals surface area contributed by atoms with Crippen LogP contribution in [0.3, 0.4) is 0 Å². The summed E-state index contributed by atoms with van der Waals surface area (Å²) in [5.74, 6) is 1.98. The van der Waals surface area contributed by atoms with Gasteiger partial charge < -0.3 is 14.8 Å². The number of anilines is 1. The Labute approximate surface area is 172 Å². The summed E-state index contributed by atoms with van der Waals surface area (Å²) >= 11 is 0. The van der Waals surface area contributed by atoms with E-state index in [9.17, 15) is 9.59 Å². The Balaban J connectivity index is 1.63. The van der Waals surface area contributed by atoms with Gasteiger partial charge in [0.2, 0.25) is 11.9 Å². The number of rotatable bonds is 4. The largest absolute Gasteiger partial charge is 0.493 e. The lowest BCUT2D eigenvalue weighted by Gasteiger charge is -2.28. The van der Waals surface area contributed by atoms with Crippen molar-refractivity contribution < 1.29 is 19.1 Å². The lowest BCUT2D eigenvalue weighted by Crippen LogP contribution is -2.47. The fourth-order valence-corrected chi connectivity index (χ4v) is 3.25. The number of carbonyl (C=O) groups is 2. The lowest BCUT2D eigenvalue weighted by atomic mass is 10.1. The maximum atomic E-state index is 12.7. The number of ether oxygens (including phenoxy) is 2. The van der Waals surface area contributed by atoms with E-state index in [0.29, 0.717) is 47.6 Å². The normalized spacial score (nSPS) is 14.2. The number of carbonyl (C=O) groups excluding carboxylic acids is 2. The highest BCUT2D eigenvalue weighted by atomic mass is 16.5. The van der Waals surface area contributed by atoms with Crippen LogP contribution in [0.25, 0.3) is 0 Å². The molecule has 2 aromatic rings. The maximum Gasteiger partial charge on any atom is 0.259 e. The Morgan fingerprint density at radius 1 is 1.10 bits per heavy atom. The van der Waals surface area contributed by atoms with Crippen molar-refractivity contribution in [1.29, 1.82) is 0 Å². The summed E-state index contributed by atoms with van der Waals surface area (Å²) in [7, 11) is 3.12. The second-order valence-electron chi connectivity index (χ2n) is 6.58. The third kappa shape index (κ3) is 3.54. The van der Waals surface area contributed by atoms with Gasteiger partial charge in [-0.15, -0.1) is 0 Å². The number of aliphatic imine (C=N–C) groups is 2. The van der Waals surface area contributed by atoms with Gasteiger partial charge in [0.15, 0.2) is 11.5 Å². The molecule has 0 unspecified atom stereocenters. The molecule has 2 N–H and O–H groups in total. The number of methoxy groups -OCH3 is 2. The number of pyridine rings is 1. The van der Waals surface area contributed by atoms with E-state index >= 15 is 0 Å². The molecule has 0 spiro atoms. The number of hydrogen-bond donors (Lipinski definition) is 2. The minimum absolute atomic E-state index is 0.233. The molecule has 0 saturated carbocycles. The van der Waals surface area contributed by atoms with E-state index in [-0.39, 0.29) is 11.8 Å². The van der Waals surface area contributed by atoms with Gasteiger partial charge in [-0.1, -0.05) is 0 Å². The van der Waals surface area contributed by atoms with E-state index < -0.39 is 0 Å². The Morgan fingerprint density at radius 2 is 1.87 bits per heavy atom. The molecule has 0 saturated heterocycles. The van der Waals surface area contributed by atoms with E-state index in [1.54, 1.807) is 32.4 Å². The number of hydrogen-bond acceptors (Lipinski definition) is 8. The monoisotopic (exact) mass is 408 g/mol. The fourth-order valence-electron chi connectivity index (χ4n) is 3.25. The van der Waals surface area contributed by atoms with Crippen molar-refractivity contribution in [2.24, 2.45) is 9.98 Å². The number of nitrogens with zero attached hydrogens (tertiary/aromatic N) is 4. The van der Waals surface area contributed by atoms with Crippen LogP contribution >= 0.6 is 0 Å². The van der Waals surface area contributed by atoms with E-state index in [1.807, 2.05) is 11.0 Å². The molecule has 4 rings (SSSR count). The number of aromatic nitrogens is 1. The van der Waals surface area contributed by atoms with E-state index in [4.69, 9.17) is 9.47 Å². The first-order chi connectivity index (χ1) is 14.5. The van der Waals surface area contributed by atoms with Crippen molar-refractivity contribution in [3.63, 3.8) is 0 Å². The molecule has 30 heavy (non-hydrogen) atoms. The SMILES string of the molecule is COc1cc2c(cc1OC)C1=NCCN1C(NC(=O)c1ccc(NC(C)=O)nc1)=N2. The third-order valence-corrected chi connectivity index (χ3v) is 4.62. The Morgan fingerprint density at radius 3 is 2.53 bits per heavy atom. The molecular weight excluding hydrogens is 388 g/mol. The van der Waals surface area contributed by atoms with Gasteiger partial charge in [0, 0.05) is 31.3 Å². The molecule has 2 amide bonds. The van der Waals surface area contributed by atoms with Crippen LogP contribution in [-0.4, -0.2) is 60.8 Å². The molecule has 0 atom stereocenters. The van der Waals surface area contributed by atoms with E-state index in [2.05, 4.69) is 25.6 Å². The topological polar surface area (TPSA) is 118 Å². The molecule has 1 aromatic carbocycles. The Kier molecular flexibility index (Phi) is 5.05. The molecular formula is C20H20N6O4. The zero-order chi connectivity index (χ0) is 21.3. The van der Waals surface area contributed by atoms with Crippen LogP contribution in [0.4, 0.5) is 11.5 Å².